The van der Waals surface area contributed by atoms with Crippen LogP contribution in [0.1, 0.15) is 21.5 Å². The molecule has 2 aromatic rings. The van der Waals surface area contributed by atoms with Gasteiger partial charge in [-0.05, 0) is 42.0 Å². The van der Waals surface area contributed by atoms with Gasteiger partial charge in [0.25, 0.3) is 0 Å². The number of benzene rings is 2. The zero-order valence-electron chi connectivity index (χ0n) is 12.4. The second-order valence-electron chi connectivity index (χ2n) is 4.50. The lowest BCUT2D eigenvalue weighted by Crippen LogP contribution is -1.97. The van der Waals surface area contributed by atoms with Gasteiger partial charge in [-0.25, -0.2) is 0 Å². The van der Waals surface area contributed by atoms with E-state index in [1.165, 1.54) is 13.2 Å². The van der Waals surface area contributed by atoms with E-state index in [-0.39, 0.29) is 5.78 Å². The first-order valence-electron chi connectivity index (χ1n) is 6.62. The minimum Gasteiger partial charge on any atom is -0.493 e. The van der Waals surface area contributed by atoms with Gasteiger partial charge in [-0.15, -0.1) is 0 Å². The molecule has 2 rings (SSSR count). The molecule has 0 saturated heterocycles. The molecule has 4 nitrogen and oxygen atoms in total. The molecular weight excluding hydrogens is 278 g/mol. The first-order chi connectivity index (χ1) is 10.7. The van der Waals surface area contributed by atoms with E-state index < -0.39 is 0 Å². The number of ether oxygens (including phenoxy) is 2. The second kappa shape index (κ2) is 7.09. The summed E-state index contributed by atoms with van der Waals surface area (Å²) in [6, 6.07) is 14.1. The smallest absolute Gasteiger partial charge is 0.185 e. The molecule has 0 heterocycles. The number of methoxy groups -OCH3 is 2. The number of carbonyl (C=O) groups excluding carboxylic acids is 1. The van der Waals surface area contributed by atoms with Crippen molar-refractivity contribution >= 4 is 11.9 Å². The van der Waals surface area contributed by atoms with Crippen LogP contribution in [0, 0.1) is 11.3 Å². The summed E-state index contributed by atoms with van der Waals surface area (Å²) in [5.41, 5.74) is 1.86. The van der Waals surface area contributed by atoms with Gasteiger partial charge in [-0.1, -0.05) is 18.2 Å². The predicted octanol–water partition coefficient (Wildman–Crippen LogP) is 3.47. The van der Waals surface area contributed by atoms with Crippen molar-refractivity contribution in [2.75, 3.05) is 14.2 Å². The molecule has 0 aliphatic rings. The van der Waals surface area contributed by atoms with Crippen molar-refractivity contribution in [3.63, 3.8) is 0 Å². The van der Waals surface area contributed by atoms with Gasteiger partial charge in [-0.3, -0.25) is 4.79 Å². The summed E-state index contributed by atoms with van der Waals surface area (Å²) < 4.78 is 10.3. The lowest BCUT2D eigenvalue weighted by molar-refractivity contribution is 0.104. The highest BCUT2D eigenvalue weighted by atomic mass is 16.5. The molecule has 0 bridgehead atoms. The van der Waals surface area contributed by atoms with E-state index in [0.29, 0.717) is 22.6 Å². The molecule has 110 valence electrons. The van der Waals surface area contributed by atoms with Gasteiger partial charge in [-0.2, -0.15) is 5.26 Å². The molecule has 0 spiro atoms. The maximum Gasteiger partial charge on any atom is 0.185 e. The number of hydrogen-bond donors (Lipinski definition) is 0. The van der Waals surface area contributed by atoms with Crippen LogP contribution in [0.25, 0.3) is 6.08 Å². The third-order valence-electron chi connectivity index (χ3n) is 3.11. The van der Waals surface area contributed by atoms with E-state index in [2.05, 4.69) is 6.07 Å². The summed E-state index contributed by atoms with van der Waals surface area (Å²) in [6.07, 6.45) is 3.15. The summed E-state index contributed by atoms with van der Waals surface area (Å²) in [4.78, 5) is 12.2. The van der Waals surface area contributed by atoms with Crippen molar-refractivity contribution < 1.29 is 14.3 Å². The molecule has 0 saturated carbocycles. The number of nitriles is 1. The molecular formula is C18H15NO3. The van der Waals surface area contributed by atoms with Gasteiger partial charge in [0.2, 0.25) is 0 Å². The molecule has 0 radical (unpaired) electrons. The van der Waals surface area contributed by atoms with Crippen LogP contribution in [0.5, 0.6) is 11.5 Å². The highest BCUT2D eigenvalue weighted by Gasteiger charge is 2.08. The molecule has 2 aromatic carbocycles. The standard InChI is InChI=1S/C18H15NO3/c1-21-17-9-7-15(11-18(17)22-2)16(20)8-6-13-4-3-5-14(10-13)12-19/h3-11H,1-2H3/b8-6+. The van der Waals surface area contributed by atoms with Crippen molar-refractivity contribution in [3.8, 4) is 17.6 Å². The molecule has 0 aromatic heterocycles. The number of nitrogens with zero attached hydrogens (tertiary/aromatic N) is 1. The van der Waals surface area contributed by atoms with E-state index in [1.54, 1.807) is 49.6 Å². The Balaban J connectivity index is 2.21. The largest absolute Gasteiger partial charge is 0.493 e. The van der Waals surface area contributed by atoms with Crippen molar-refractivity contribution in [1.29, 1.82) is 5.26 Å². The number of hydrogen-bond acceptors (Lipinski definition) is 4. The van der Waals surface area contributed by atoms with E-state index in [9.17, 15) is 4.79 Å². The molecule has 0 N–H and O–H groups in total. The maximum atomic E-state index is 12.2. The Morgan fingerprint density at radius 1 is 1.09 bits per heavy atom. The van der Waals surface area contributed by atoms with Crippen molar-refractivity contribution in [1.82, 2.24) is 0 Å². The van der Waals surface area contributed by atoms with Crippen LogP contribution >= 0.6 is 0 Å². The first kappa shape index (κ1) is 15.3. The zero-order chi connectivity index (χ0) is 15.9. The van der Waals surface area contributed by atoms with E-state index in [0.717, 1.165) is 5.56 Å². The lowest BCUT2D eigenvalue weighted by atomic mass is 10.1. The minimum absolute atomic E-state index is 0.150. The number of carbonyl (C=O) groups is 1. The minimum atomic E-state index is -0.150. The van der Waals surface area contributed by atoms with Crippen LogP contribution in [0.4, 0.5) is 0 Å². The quantitative estimate of drug-likeness (QED) is 0.625. The fraction of sp³-hybridized carbons (Fsp3) is 0.111. The number of allylic oxidation sites excluding steroid dienone is 1. The van der Waals surface area contributed by atoms with Gasteiger partial charge in [0, 0.05) is 5.56 Å². The third-order valence-corrected chi connectivity index (χ3v) is 3.11. The molecule has 0 amide bonds. The van der Waals surface area contributed by atoms with Crippen LogP contribution in [0.2, 0.25) is 0 Å². The topological polar surface area (TPSA) is 59.3 Å². The highest BCUT2D eigenvalue weighted by Crippen LogP contribution is 2.27. The predicted molar refractivity (Wildman–Crippen MR) is 84.1 cm³/mol. The fourth-order valence-electron chi connectivity index (χ4n) is 1.97. The summed E-state index contributed by atoms with van der Waals surface area (Å²) in [7, 11) is 3.07. The molecule has 0 fully saturated rings. The van der Waals surface area contributed by atoms with Crippen LogP contribution in [-0.4, -0.2) is 20.0 Å². The highest BCUT2D eigenvalue weighted by molar-refractivity contribution is 6.07. The van der Waals surface area contributed by atoms with E-state index in [1.807, 2.05) is 6.07 Å². The van der Waals surface area contributed by atoms with Crippen molar-refractivity contribution in [3.05, 3.63) is 65.2 Å². The third kappa shape index (κ3) is 3.53. The summed E-state index contributed by atoms with van der Waals surface area (Å²) in [5.74, 6) is 0.932. The van der Waals surface area contributed by atoms with Crippen LogP contribution < -0.4 is 9.47 Å². The Hall–Kier alpha value is -3.06. The monoisotopic (exact) mass is 293 g/mol. The summed E-state index contributed by atoms with van der Waals surface area (Å²) in [5, 5.41) is 8.86. The maximum absolute atomic E-state index is 12.2. The molecule has 0 atom stereocenters. The molecule has 22 heavy (non-hydrogen) atoms. The number of ketones is 1. The van der Waals surface area contributed by atoms with Crippen LogP contribution in [-0.2, 0) is 0 Å². The van der Waals surface area contributed by atoms with Crippen LogP contribution in [0.3, 0.4) is 0 Å². The molecule has 0 aliphatic heterocycles. The van der Waals surface area contributed by atoms with Crippen LogP contribution in [0.15, 0.2) is 48.5 Å². The Bertz CT molecular complexity index is 757. The Labute approximate surface area is 129 Å². The van der Waals surface area contributed by atoms with Crippen molar-refractivity contribution in [2.45, 2.75) is 0 Å². The van der Waals surface area contributed by atoms with Gasteiger partial charge in [0.1, 0.15) is 0 Å². The summed E-state index contributed by atoms with van der Waals surface area (Å²) >= 11 is 0. The first-order valence-corrected chi connectivity index (χ1v) is 6.62. The SMILES string of the molecule is COc1ccc(C(=O)/C=C/c2cccc(C#N)c2)cc1OC. The van der Waals surface area contributed by atoms with Gasteiger partial charge >= 0.3 is 0 Å². The molecule has 0 aliphatic carbocycles. The lowest BCUT2D eigenvalue weighted by Gasteiger charge is -2.07. The Morgan fingerprint density at radius 3 is 2.55 bits per heavy atom. The molecule has 4 heteroatoms. The van der Waals surface area contributed by atoms with E-state index in [4.69, 9.17) is 14.7 Å². The summed E-state index contributed by atoms with van der Waals surface area (Å²) in [6.45, 7) is 0. The Morgan fingerprint density at radius 2 is 1.86 bits per heavy atom. The second-order valence-corrected chi connectivity index (χ2v) is 4.50. The number of rotatable bonds is 5. The zero-order valence-corrected chi connectivity index (χ0v) is 12.4. The van der Waals surface area contributed by atoms with Gasteiger partial charge in [0.15, 0.2) is 17.3 Å². The van der Waals surface area contributed by atoms with Crippen molar-refractivity contribution in [2.24, 2.45) is 0 Å². The van der Waals surface area contributed by atoms with E-state index >= 15 is 0 Å². The Kier molecular flexibility index (Phi) is 4.94. The molecule has 0 unspecified atom stereocenters. The fourth-order valence-corrected chi connectivity index (χ4v) is 1.97. The average molecular weight is 293 g/mol. The average Bonchev–Trinajstić information content (AvgIpc) is 2.59. The van der Waals surface area contributed by atoms with Gasteiger partial charge < -0.3 is 9.47 Å². The normalized spacial score (nSPS) is 10.2. The van der Waals surface area contributed by atoms with Gasteiger partial charge in [0.05, 0.1) is 25.9 Å².